The normalized spacial score (nSPS) is 16.0. The number of pyridine rings is 1. The molecule has 2 aromatic heterocycles. The van der Waals surface area contributed by atoms with Crippen LogP contribution in [0.3, 0.4) is 0 Å². The van der Waals surface area contributed by atoms with E-state index in [-0.39, 0.29) is 0 Å². The van der Waals surface area contributed by atoms with Crippen molar-refractivity contribution in [3.05, 3.63) is 41.9 Å². The minimum Gasteiger partial charge on any atom is -0.356 e. The van der Waals surface area contributed by atoms with Gasteiger partial charge in [-0.3, -0.25) is 9.67 Å². The fourth-order valence-corrected chi connectivity index (χ4v) is 3.22. The van der Waals surface area contributed by atoms with Crippen LogP contribution in [0, 0.1) is 13.8 Å². The SMILES string of the molecule is CN=C(NCCn1cc(C)cn1)NC1CCN(c2cccc(C)n2)CC1. The summed E-state index contributed by atoms with van der Waals surface area (Å²) in [5.41, 5.74) is 2.25. The molecule has 0 radical (unpaired) electrons. The summed E-state index contributed by atoms with van der Waals surface area (Å²) in [6.45, 7) is 7.74. The molecule has 0 bridgehead atoms. The van der Waals surface area contributed by atoms with Gasteiger partial charge in [0, 0.05) is 44.6 Å². The summed E-state index contributed by atoms with van der Waals surface area (Å²) in [7, 11) is 1.82. The average Bonchev–Trinajstić information content (AvgIpc) is 3.06. The molecular weight excluding hydrogens is 326 g/mol. The van der Waals surface area contributed by atoms with Crippen LogP contribution in [0.2, 0.25) is 0 Å². The lowest BCUT2D eigenvalue weighted by molar-refractivity contribution is 0.458. The highest BCUT2D eigenvalue weighted by Crippen LogP contribution is 2.18. The molecule has 140 valence electrons. The van der Waals surface area contributed by atoms with Gasteiger partial charge < -0.3 is 15.5 Å². The lowest BCUT2D eigenvalue weighted by Crippen LogP contribution is -2.49. The Hall–Kier alpha value is -2.57. The third-order valence-electron chi connectivity index (χ3n) is 4.65. The second-order valence-electron chi connectivity index (χ2n) is 6.82. The van der Waals surface area contributed by atoms with Crippen molar-refractivity contribution in [2.24, 2.45) is 4.99 Å². The van der Waals surface area contributed by atoms with Crippen molar-refractivity contribution < 1.29 is 0 Å². The molecule has 0 amide bonds. The highest BCUT2D eigenvalue weighted by molar-refractivity contribution is 5.79. The molecule has 1 saturated heterocycles. The maximum Gasteiger partial charge on any atom is 0.191 e. The van der Waals surface area contributed by atoms with Gasteiger partial charge in [-0.05, 0) is 44.4 Å². The molecule has 7 heteroatoms. The van der Waals surface area contributed by atoms with Gasteiger partial charge in [0.2, 0.25) is 0 Å². The number of rotatable bonds is 5. The van der Waals surface area contributed by atoms with Gasteiger partial charge in [-0.2, -0.15) is 5.10 Å². The van der Waals surface area contributed by atoms with Crippen molar-refractivity contribution in [1.29, 1.82) is 0 Å². The van der Waals surface area contributed by atoms with Crippen molar-refractivity contribution in [2.45, 2.75) is 39.3 Å². The summed E-state index contributed by atoms with van der Waals surface area (Å²) >= 11 is 0. The predicted octanol–water partition coefficient (Wildman–Crippen LogP) is 1.73. The van der Waals surface area contributed by atoms with Crippen LogP contribution in [0.25, 0.3) is 0 Å². The molecule has 3 heterocycles. The molecule has 0 spiro atoms. The standard InChI is InChI=1S/C19H29N7/c1-15-13-22-26(14-15)12-9-21-19(20-3)24-17-7-10-25(11-8-17)18-6-4-5-16(2)23-18/h4-6,13-14,17H,7-12H2,1-3H3,(H2,20,21,24). The third-order valence-corrected chi connectivity index (χ3v) is 4.65. The van der Waals surface area contributed by atoms with Gasteiger partial charge in [0.05, 0.1) is 12.7 Å². The zero-order valence-corrected chi connectivity index (χ0v) is 15.9. The van der Waals surface area contributed by atoms with E-state index < -0.39 is 0 Å². The molecule has 0 unspecified atom stereocenters. The Bertz CT molecular complexity index is 729. The Kier molecular flexibility index (Phi) is 6.09. The molecule has 1 aliphatic heterocycles. The van der Waals surface area contributed by atoms with E-state index in [1.54, 1.807) is 0 Å². The Labute approximate surface area is 155 Å². The summed E-state index contributed by atoms with van der Waals surface area (Å²) in [5, 5.41) is 11.2. The van der Waals surface area contributed by atoms with Crippen LogP contribution < -0.4 is 15.5 Å². The zero-order chi connectivity index (χ0) is 18.4. The molecule has 7 nitrogen and oxygen atoms in total. The van der Waals surface area contributed by atoms with Crippen molar-refractivity contribution in [1.82, 2.24) is 25.4 Å². The zero-order valence-electron chi connectivity index (χ0n) is 15.9. The van der Waals surface area contributed by atoms with Crippen LogP contribution in [-0.2, 0) is 6.54 Å². The average molecular weight is 355 g/mol. The van der Waals surface area contributed by atoms with Gasteiger partial charge >= 0.3 is 0 Å². The lowest BCUT2D eigenvalue weighted by atomic mass is 10.1. The van der Waals surface area contributed by atoms with E-state index in [1.165, 1.54) is 5.56 Å². The molecule has 26 heavy (non-hydrogen) atoms. The van der Waals surface area contributed by atoms with Gasteiger partial charge in [-0.1, -0.05) is 6.07 Å². The van der Waals surface area contributed by atoms with E-state index in [9.17, 15) is 0 Å². The Balaban J connectivity index is 1.42. The Morgan fingerprint density at radius 1 is 1.27 bits per heavy atom. The van der Waals surface area contributed by atoms with Gasteiger partial charge in [-0.15, -0.1) is 0 Å². The van der Waals surface area contributed by atoms with Crippen LogP contribution in [0.15, 0.2) is 35.6 Å². The van der Waals surface area contributed by atoms with E-state index in [2.05, 4.69) is 49.7 Å². The summed E-state index contributed by atoms with van der Waals surface area (Å²) in [4.78, 5) is 11.3. The van der Waals surface area contributed by atoms with Crippen LogP contribution in [-0.4, -0.2) is 53.4 Å². The quantitative estimate of drug-likeness (QED) is 0.631. The van der Waals surface area contributed by atoms with E-state index in [1.807, 2.05) is 37.1 Å². The maximum atomic E-state index is 4.63. The molecule has 3 rings (SSSR count). The number of piperidine rings is 1. The highest BCUT2D eigenvalue weighted by Gasteiger charge is 2.20. The molecule has 0 atom stereocenters. The fraction of sp³-hybridized carbons (Fsp3) is 0.526. The molecule has 0 aliphatic carbocycles. The predicted molar refractivity (Wildman–Crippen MR) is 106 cm³/mol. The first-order valence-electron chi connectivity index (χ1n) is 9.29. The summed E-state index contributed by atoms with van der Waals surface area (Å²) in [6, 6.07) is 6.65. The molecular formula is C19H29N7. The number of anilines is 1. The minimum absolute atomic E-state index is 0.439. The van der Waals surface area contributed by atoms with Crippen LogP contribution in [0.4, 0.5) is 5.82 Å². The molecule has 2 N–H and O–H groups in total. The van der Waals surface area contributed by atoms with E-state index in [0.717, 1.165) is 56.5 Å². The van der Waals surface area contributed by atoms with Crippen molar-refractivity contribution in [2.75, 3.05) is 31.6 Å². The van der Waals surface area contributed by atoms with E-state index in [4.69, 9.17) is 0 Å². The second-order valence-corrected chi connectivity index (χ2v) is 6.82. The van der Waals surface area contributed by atoms with E-state index >= 15 is 0 Å². The first-order chi connectivity index (χ1) is 12.6. The minimum atomic E-state index is 0.439. The van der Waals surface area contributed by atoms with Gasteiger partial charge in [-0.25, -0.2) is 4.98 Å². The fourth-order valence-electron chi connectivity index (χ4n) is 3.22. The smallest absolute Gasteiger partial charge is 0.191 e. The molecule has 1 fully saturated rings. The summed E-state index contributed by atoms with van der Waals surface area (Å²) in [5.74, 6) is 1.95. The largest absolute Gasteiger partial charge is 0.356 e. The van der Waals surface area contributed by atoms with Gasteiger partial charge in [0.15, 0.2) is 5.96 Å². The third kappa shape index (κ3) is 4.97. The molecule has 1 aliphatic rings. The summed E-state index contributed by atoms with van der Waals surface area (Å²) < 4.78 is 1.95. The van der Waals surface area contributed by atoms with Crippen molar-refractivity contribution in [3.63, 3.8) is 0 Å². The number of aromatic nitrogens is 3. The van der Waals surface area contributed by atoms with Crippen LogP contribution >= 0.6 is 0 Å². The number of aliphatic imine (C=N–C) groups is 1. The Morgan fingerprint density at radius 2 is 2.08 bits per heavy atom. The molecule has 2 aromatic rings. The molecule has 0 saturated carbocycles. The van der Waals surface area contributed by atoms with Crippen molar-refractivity contribution >= 4 is 11.8 Å². The van der Waals surface area contributed by atoms with Crippen LogP contribution in [0.5, 0.6) is 0 Å². The first kappa shape index (κ1) is 18.2. The number of nitrogens with one attached hydrogen (secondary N) is 2. The van der Waals surface area contributed by atoms with Crippen molar-refractivity contribution in [3.8, 4) is 0 Å². The van der Waals surface area contributed by atoms with Crippen LogP contribution in [0.1, 0.15) is 24.1 Å². The number of aryl methyl sites for hydroxylation is 2. The van der Waals surface area contributed by atoms with E-state index in [0.29, 0.717) is 6.04 Å². The number of hydrogen-bond donors (Lipinski definition) is 2. The second kappa shape index (κ2) is 8.69. The number of nitrogens with zero attached hydrogens (tertiary/aromatic N) is 5. The Morgan fingerprint density at radius 3 is 2.73 bits per heavy atom. The molecule has 0 aromatic carbocycles. The highest BCUT2D eigenvalue weighted by atomic mass is 15.3. The number of hydrogen-bond acceptors (Lipinski definition) is 4. The monoisotopic (exact) mass is 355 g/mol. The maximum absolute atomic E-state index is 4.63. The lowest BCUT2D eigenvalue weighted by Gasteiger charge is -2.34. The van der Waals surface area contributed by atoms with Gasteiger partial charge in [0.1, 0.15) is 5.82 Å². The first-order valence-corrected chi connectivity index (χ1v) is 9.29. The van der Waals surface area contributed by atoms with Gasteiger partial charge in [0.25, 0.3) is 0 Å². The number of guanidine groups is 1. The topological polar surface area (TPSA) is 70.4 Å². The summed E-state index contributed by atoms with van der Waals surface area (Å²) in [6.07, 6.45) is 6.08.